The number of rotatable bonds is 8. The van der Waals surface area contributed by atoms with Gasteiger partial charge < -0.3 is 11.5 Å². The summed E-state index contributed by atoms with van der Waals surface area (Å²) in [6.45, 7) is 13.1. The molecule has 0 saturated heterocycles. The molecule has 0 aliphatic rings. The van der Waals surface area contributed by atoms with E-state index in [-0.39, 0.29) is 24.8 Å². The molecule has 132 valence electrons. The highest BCUT2D eigenvalue weighted by atomic mass is 35.5. The standard InChI is InChI=1S/C14H30N6.2ClH/c1-7-9-17-11(15)13(3,4)19-20-14(5,6)12(16)18-10-8-2;;/h7-10H2,1-6H3,(H2,15,17)(H2,16,18);2*1H. The number of nitrogens with two attached hydrogens (primary N) is 2. The van der Waals surface area contributed by atoms with Crippen LogP contribution in [0.4, 0.5) is 0 Å². The maximum atomic E-state index is 5.96. The second kappa shape index (κ2) is 11.7. The van der Waals surface area contributed by atoms with E-state index in [4.69, 9.17) is 11.5 Å². The Bertz CT molecular complexity index is 353. The van der Waals surface area contributed by atoms with Crippen LogP contribution in [0.25, 0.3) is 0 Å². The summed E-state index contributed by atoms with van der Waals surface area (Å²) in [7, 11) is 0. The molecule has 0 heterocycles. The molecule has 0 aliphatic heterocycles. The quantitative estimate of drug-likeness (QED) is 0.396. The molecule has 6 nitrogen and oxygen atoms in total. The van der Waals surface area contributed by atoms with Crippen LogP contribution in [0.1, 0.15) is 54.4 Å². The molecule has 0 radical (unpaired) electrons. The van der Waals surface area contributed by atoms with E-state index in [9.17, 15) is 0 Å². The first-order valence-corrected chi connectivity index (χ1v) is 7.22. The zero-order chi connectivity index (χ0) is 15.8. The Kier molecular flexibility index (Phi) is 13.8. The van der Waals surface area contributed by atoms with Crippen LogP contribution in [0, 0.1) is 0 Å². The predicted octanol–water partition coefficient (Wildman–Crippen LogP) is 3.37. The van der Waals surface area contributed by atoms with Crippen molar-refractivity contribution >= 4 is 36.5 Å². The maximum Gasteiger partial charge on any atom is 0.132 e. The van der Waals surface area contributed by atoms with Gasteiger partial charge in [0, 0.05) is 13.1 Å². The van der Waals surface area contributed by atoms with E-state index < -0.39 is 11.1 Å². The Morgan fingerprint density at radius 2 is 1.00 bits per heavy atom. The van der Waals surface area contributed by atoms with Gasteiger partial charge in [-0.1, -0.05) is 13.8 Å². The Hall–Kier alpha value is -0.880. The lowest BCUT2D eigenvalue weighted by atomic mass is 10.0. The van der Waals surface area contributed by atoms with Gasteiger partial charge in [0.25, 0.3) is 0 Å². The zero-order valence-corrected chi connectivity index (χ0v) is 16.2. The van der Waals surface area contributed by atoms with Crippen LogP contribution in [0.5, 0.6) is 0 Å². The van der Waals surface area contributed by atoms with Gasteiger partial charge in [-0.05, 0) is 40.5 Å². The van der Waals surface area contributed by atoms with Crippen molar-refractivity contribution in [3.63, 3.8) is 0 Å². The average molecular weight is 355 g/mol. The first-order chi connectivity index (χ1) is 9.17. The van der Waals surface area contributed by atoms with Gasteiger partial charge in [-0.3, -0.25) is 9.98 Å². The van der Waals surface area contributed by atoms with Crippen molar-refractivity contribution in [3.05, 3.63) is 0 Å². The first kappa shape index (κ1) is 26.0. The molecule has 0 rings (SSSR count). The molecule has 0 fully saturated rings. The van der Waals surface area contributed by atoms with Crippen LogP contribution >= 0.6 is 24.8 Å². The number of nitrogens with zero attached hydrogens (tertiary/aromatic N) is 4. The van der Waals surface area contributed by atoms with Gasteiger partial charge in [-0.2, -0.15) is 10.2 Å². The van der Waals surface area contributed by atoms with Gasteiger partial charge in [0.2, 0.25) is 0 Å². The molecule has 0 amide bonds. The fraction of sp³-hybridized carbons (Fsp3) is 0.857. The molecule has 0 unspecified atom stereocenters. The highest BCUT2D eigenvalue weighted by Crippen LogP contribution is 2.16. The van der Waals surface area contributed by atoms with Crippen molar-refractivity contribution in [1.29, 1.82) is 0 Å². The number of aliphatic imine (C=N–C) groups is 2. The van der Waals surface area contributed by atoms with Crippen LogP contribution in [0.2, 0.25) is 0 Å². The third kappa shape index (κ3) is 9.20. The lowest BCUT2D eigenvalue weighted by Gasteiger charge is -2.22. The number of hydrogen-bond acceptors (Lipinski definition) is 4. The van der Waals surface area contributed by atoms with E-state index in [1.54, 1.807) is 0 Å². The molecule has 0 bridgehead atoms. The summed E-state index contributed by atoms with van der Waals surface area (Å²) >= 11 is 0. The van der Waals surface area contributed by atoms with Crippen LogP contribution in [0.3, 0.4) is 0 Å². The summed E-state index contributed by atoms with van der Waals surface area (Å²) in [4.78, 5) is 8.58. The van der Waals surface area contributed by atoms with Crippen LogP contribution in [0.15, 0.2) is 20.2 Å². The van der Waals surface area contributed by atoms with E-state index >= 15 is 0 Å². The summed E-state index contributed by atoms with van der Waals surface area (Å²) in [5, 5.41) is 8.64. The van der Waals surface area contributed by atoms with Gasteiger partial charge in [0.1, 0.15) is 22.7 Å². The second-order valence-electron chi connectivity index (χ2n) is 5.85. The molecular formula is C14H32Cl2N6. The average Bonchev–Trinajstić information content (AvgIpc) is 2.39. The molecule has 0 spiro atoms. The lowest BCUT2D eigenvalue weighted by Crippen LogP contribution is -2.40. The molecule has 0 atom stereocenters. The van der Waals surface area contributed by atoms with Crippen molar-refractivity contribution in [2.45, 2.75) is 65.5 Å². The third-order valence-corrected chi connectivity index (χ3v) is 2.82. The van der Waals surface area contributed by atoms with Gasteiger partial charge in [-0.15, -0.1) is 24.8 Å². The molecule has 0 aromatic carbocycles. The number of amidine groups is 2. The summed E-state index contributed by atoms with van der Waals surface area (Å²) in [6.07, 6.45) is 1.91. The Balaban J connectivity index is -0.00000180. The highest BCUT2D eigenvalue weighted by Gasteiger charge is 2.27. The Morgan fingerprint density at radius 3 is 1.23 bits per heavy atom. The second-order valence-corrected chi connectivity index (χ2v) is 5.85. The van der Waals surface area contributed by atoms with Crippen LogP contribution in [-0.2, 0) is 0 Å². The van der Waals surface area contributed by atoms with E-state index in [0.29, 0.717) is 24.8 Å². The first-order valence-electron chi connectivity index (χ1n) is 7.22. The van der Waals surface area contributed by atoms with E-state index in [1.165, 1.54) is 0 Å². The predicted molar refractivity (Wildman–Crippen MR) is 101 cm³/mol. The minimum Gasteiger partial charge on any atom is -0.385 e. The van der Waals surface area contributed by atoms with Gasteiger partial charge in [0.05, 0.1) is 0 Å². The summed E-state index contributed by atoms with van der Waals surface area (Å²) < 4.78 is 0. The fourth-order valence-electron chi connectivity index (χ4n) is 1.20. The lowest BCUT2D eigenvalue weighted by molar-refractivity contribution is 0.557. The van der Waals surface area contributed by atoms with Gasteiger partial charge >= 0.3 is 0 Å². The summed E-state index contributed by atoms with van der Waals surface area (Å²) in [6, 6.07) is 0. The SMILES string of the molecule is CCCN=C(N)C(C)(C)N=NC(C)(C)C(N)=NCCC.Cl.Cl. The van der Waals surface area contributed by atoms with E-state index in [1.807, 2.05) is 27.7 Å². The molecule has 4 N–H and O–H groups in total. The number of halogens is 2. The topological polar surface area (TPSA) is 101 Å². The molecular weight excluding hydrogens is 323 g/mol. The van der Waals surface area contributed by atoms with E-state index in [2.05, 4.69) is 34.1 Å². The minimum atomic E-state index is -0.628. The molecule has 0 saturated carbocycles. The van der Waals surface area contributed by atoms with Crippen molar-refractivity contribution in [3.8, 4) is 0 Å². The largest absolute Gasteiger partial charge is 0.385 e. The zero-order valence-electron chi connectivity index (χ0n) is 14.6. The van der Waals surface area contributed by atoms with Crippen LogP contribution < -0.4 is 11.5 Å². The summed E-state index contributed by atoms with van der Waals surface area (Å²) in [5.74, 6) is 0.978. The van der Waals surface area contributed by atoms with Crippen molar-refractivity contribution < 1.29 is 0 Å². The van der Waals surface area contributed by atoms with Crippen LogP contribution in [-0.4, -0.2) is 35.8 Å². The number of azo groups is 1. The molecule has 0 aliphatic carbocycles. The Morgan fingerprint density at radius 1 is 0.727 bits per heavy atom. The highest BCUT2D eigenvalue weighted by molar-refractivity contribution is 5.90. The maximum absolute atomic E-state index is 5.96. The van der Waals surface area contributed by atoms with Gasteiger partial charge in [0.15, 0.2) is 0 Å². The molecule has 8 heteroatoms. The number of hydrogen-bond donors (Lipinski definition) is 2. The third-order valence-electron chi connectivity index (χ3n) is 2.82. The normalized spacial score (nSPS) is 13.7. The fourth-order valence-corrected chi connectivity index (χ4v) is 1.20. The smallest absolute Gasteiger partial charge is 0.132 e. The Labute approximate surface area is 147 Å². The molecule has 22 heavy (non-hydrogen) atoms. The van der Waals surface area contributed by atoms with Gasteiger partial charge in [-0.25, -0.2) is 0 Å². The minimum absolute atomic E-state index is 0. The molecule has 0 aromatic heterocycles. The van der Waals surface area contributed by atoms with E-state index in [0.717, 1.165) is 12.8 Å². The van der Waals surface area contributed by atoms with Crippen molar-refractivity contribution in [2.75, 3.05) is 13.1 Å². The summed E-state index contributed by atoms with van der Waals surface area (Å²) in [5.41, 5.74) is 10.7. The van der Waals surface area contributed by atoms with Crippen molar-refractivity contribution in [2.24, 2.45) is 31.7 Å². The monoisotopic (exact) mass is 354 g/mol. The molecule has 0 aromatic rings. The van der Waals surface area contributed by atoms with Crippen molar-refractivity contribution in [1.82, 2.24) is 0 Å².